The van der Waals surface area contributed by atoms with E-state index < -0.39 is 0 Å². The second-order valence-electron chi connectivity index (χ2n) is 8.48. The Morgan fingerprint density at radius 3 is 2.50 bits per heavy atom. The molecule has 1 aliphatic carbocycles. The Bertz CT molecular complexity index is 929. The lowest BCUT2D eigenvalue weighted by Crippen LogP contribution is -2.49. The summed E-state index contributed by atoms with van der Waals surface area (Å²) in [7, 11) is 3.08. The van der Waals surface area contributed by atoms with E-state index in [2.05, 4.69) is 23.2 Å². The number of para-hydroxylation sites is 1. The lowest BCUT2D eigenvalue weighted by molar-refractivity contribution is -0.175. The fourth-order valence-corrected chi connectivity index (χ4v) is 4.44. The molecule has 0 radical (unpaired) electrons. The van der Waals surface area contributed by atoms with Crippen LogP contribution in [-0.2, 0) is 9.63 Å². The Morgan fingerprint density at radius 2 is 1.87 bits per heavy atom. The minimum Gasteiger partial charge on any atom is -0.335 e. The van der Waals surface area contributed by atoms with E-state index in [4.69, 9.17) is 4.84 Å². The summed E-state index contributed by atoms with van der Waals surface area (Å²) < 4.78 is 0. The number of benzene rings is 1. The molecule has 8 heteroatoms. The Hall–Kier alpha value is -2.74. The summed E-state index contributed by atoms with van der Waals surface area (Å²) in [5.41, 5.74) is 2.46. The summed E-state index contributed by atoms with van der Waals surface area (Å²) in [4.78, 5) is 34.8. The first-order chi connectivity index (χ1) is 14.4. The standard InChI is InChI=1S/C22H29N5O3/c1-14-12-19(14)17-6-5-7-18(20(17)27-23-10-11-24-27)22(29)26-13-16(9-8-15(26)2)21(28)25(3)30-4/h5-7,10-11,14-16,19H,8-9,12-13H2,1-4H3/t14?,15-,16-,19+/m1/s1. The van der Waals surface area contributed by atoms with Crippen LogP contribution in [0, 0.1) is 11.8 Å². The third-order valence-electron chi connectivity index (χ3n) is 6.50. The number of nitrogens with zero attached hydrogens (tertiary/aromatic N) is 5. The molecule has 30 heavy (non-hydrogen) atoms. The molecule has 2 amide bonds. The third kappa shape index (κ3) is 3.71. The first-order valence-electron chi connectivity index (χ1n) is 10.5. The second kappa shape index (κ2) is 8.18. The highest BCUT2D eigenvalue weighted by Crippen LogP contribution is 2.49. The largest absolute Gasteiger partial charge is 0.335 e. The number of hydrogen-bond donors (Lipinski definition) is 0. The minimum absolute atomic E-state index is 0.0522. The van der Waals surface area contributed by atoms with Crippen molar-refractivity contribution in [2.24, 2.45) is 11.8 Å². The van der Waals surface area contributed by atoms with Gasteiger partial charge >= 0.3 is 0 Å². The molecule has 2 heterocycles. The number of hydroxylamine groups is 2. The van der Waals surface area contributed by atoms with E-state index >= 15 is 0 Å². The minimum atomic E-state index is -0.270. The zero-order chi connectivity index (χ0) is 21.4. The molecule has 1 saturated heterocycles. The molecule has 2 fully saturated rings. The first kappa shape index (κ1) is 20.5. The number of aromatic nitrogens is 3. The van der Waals surface area contributed by atoms with Crippen LogP contribution in [0.25, 0.3) is 5.69 Å². The maximum Gasteiger partial charge on any atom is 0.256 e. The van der Waals surface area contributed by atoms with Gasteiger partial charge in [0.05, 0.1) is 31.0 Å². The van der Waals surface area contributed by atoms with Crippen molar-refractivity contribution in [3.63, 3.8) is 0 Å². The van der Waals surface area contributed by atoms with Crippen molar-refractivity contribution >= 4 is 11.8 Å². The van der Waals surface area contributed by atoms with Gasteiger partial charge in [0.1, 0.15) is 5.69 Å². The van der Waals surface area contributed by atoms with Gasteiger partial charge in [-0.05, 0) is 49.7 Å². The normalized spacial score (nSPS) is 25.8. The van der Waals surface area contributed by atoms with Gasteiger partial charge in [-0.15, -0.1) is 0 Å². The van der Waals surface area contributed by atoms with Gasteiger partial charge < -0.3 is 4.90 Å². The van der Waals surface area contributed by atoms with Crippen LogP contribution in [0.2, 0.25) is 0 Å². The van der Waals surface area contributed by atoms with Gasteiger partial charge in [-0.3, -0.25) is 14.4 Å². The van der Waals surface area contributed by atoms with Gasteiger partial charge in [0.25, 0.3) is 11.8 Å². The molecule has 4 rings (SSSR count). The highest BCUT2D eigenvalue weighted by molar-refractivity contribution is 5.99. The van der Waals surface area contributed by atoms with Crippen LogP contribution in [0.15, 0.2) is 30.6 Å². The fourth-order valence-electron chi connectivity index (χ4n) is 4.44. The molecule has 0 N–H and O–H groups in total. The van der Waals surface area contributed by atoms with Crippen LogP contribution in [0.1, 0.15) is 54.9 Å². The van der Waals surface area contributed by atoms with Gasteiger partial charge in [0, 0.05) is 19.6 Å². The quantitative estimate of drug-likeness (QED) is 0.707. The van der Waals surface area contributed by atoms with E-state index in [0.29, 0.717) is 23.9 Å². The molecule has 8 nitrogen and oxygen atoms in total. The van der Waals surface area contributed by atoms with E-state index in [1.807, 2.05) is 24.0 Å². The van der Waals surface area contributed by atoms with Gasteiger partial charge in [-0.25, -0.2) is 5.06 Å². The maximum atomic E-state index is 13.7. The molecule has 0 bridgehead atoms. The van der Waals surface area contributed by atoms with Crippen LogP contribution >= 0.6 is 0 Å². The van der Waals surface area contributed by atoms with Crippen molar-refractivity contribution in [3.05, 3.63) is 41.7 Å². The number of piperidine rings is 1. The third-order valence-corrected chi connectivity index (χ3v) is 6.50. The molecular weight excluding hydrogens is 382 g/mol. The van der Waals surface area contributed by atoms with Crippen molar-refractivity contribution in [1.82, 2.24) is 25.0 Å². The number of rotatable bonds is 5. The second-order valence-corrected chi connectivity index (χ2v) is 8.48. The monoisotopic (exact) mass is 411 g/mol. The highest BCUT2D eigenvalue weighted by Gasteiger charge is 2.39. The Labute approximate surface area is 176 Å². The van der Waals surface area contributed by atoms with Crippen molar-refractivity contribution in [3.8, 4) is 5.69 Å². The van der Waals surface area contributed by atoms with Gasteiger partial charge in [-0.1, -0.05) is 19.1 Å². The maximum absolute atomic E-state index is 13.7. The number of hydrogen-bond acceptors (Lipinski definition) is 5. The summed E-state index contributed by atoms with van der Waals surface area (Å²) in [6.45, 7) is 4.63. The first-order valence-corrected chi connectivity index (χ1v) is 10.5. The molecule has 4 atom stereocenters. The fraction of sp³-hybridized carbons (Fsp3) is 0.545. The molecule has 1 aliphatic heterocycles. The lowest BCUT2D eigenvalue weighted by atomic mass is 9.91. The molecule has 1 saturated carbocycles. The van der Waals surface area contributed by atoms with Crippen LogP contribution < -0.4 is 0 Å². The number of amides is 2. The summed E-state index contributed by atoms with van der Waals surface area (Å²) in [6.07, 6.45) is 5.87. The number of likely N-dealkylation sites (tertiary alicyclic amines) is 1. The Morgan fingerprint density at radius 1 is 1.17 bits per heavy atom. The highest BCUT2D eigenvalue weighted by atomic mass is 16.7. The van der Waals surface area contributed by atoms with Crippen LogP contribution in [0.5, 0.6) is 0 Å². The van der Waals surface area contributed by atoms with Gasteiger partial charge in [0.2, 0.25) is 0 Å². The van der Waals surface area contributed by atoms with Crippen molar-refractivity contribution in [1.29, 1.82) is 0 Å². The zero-order valence-electron chi connectivity index (χ0n) is 18.0. The predicted octanol–water partition coefficient (Wildman–Crippen LogP) is 2.65. The predicted molar refractivity (Wildman–Crippen MR) is 111 cm³/mol. The summed E-state index contributed by atoms with van der Waals surface area (Å²) >= 11 is 0. The van der Waals surface area contributed by atoms with E-state index in [9.17, 15) is 9.59 Å². The molecule has 1 unspecified atom stereocenters. The number of carbonyl (C=O) groups is 2. The van der Waals surface area contributed by atoms with E-state index in [1.165, 1.54) is 12.2 Å². The zero-order valence-corrected chi connectivity index (χ0v) is 18.0. The average molecular weight is 412 g/mol. The van der Waals surface area contributed by atoms with Crippen molar-refractivity contribution in [2.75, 3.05) is 20.7 Å². The average Bonchev–Trinajstić information content (AvgIpc) is 3.25. The SMILES string of the molecule is CON(C)C(=O)[C@@H]1CC[C@@H](C)N(C(=O)c2cccc([C@H]3CC3C)c2-n2nccn2)C1. The Balaban J connectivity index is 1.68. The van der Waals surface area contributed by atoms with E-state index in [-0.39, 0.29) is 23.8 Å². The molecule has 1 aromatic carbocycles. The molecular formula is C22H29N5O3. The lowest BCUT2D eigenvalue weighted by Gasteiger charge is -2.38. The molecule has 2 aromatic rings. The molecule has 1 aromatic heterocycles. The summed E-state index contributed by atoms with van der Waals surface area (Å²) in [5, 5.41) is 9.90. The molecule has 0 spiro atoms. The molecule has 160 valence electrons. The van der Waals surface area contributed by atoms with E-state index in [1.54, 1.807) is 24.2 Å². The van der Waals surface area contributed by atoms with Crippen molar-refractivity contribution in [2.45, 2.75) is 45.1 Å². The molecule has 2 aliphatic rings. The topological polar surface area (TPSA) is 80.6 Å². The van der Waals surface area contributed by atoms with E-state index in [0.717, 1.165) is 30.5 Å². The van der Waals surface area contributed by atoms with Gasteiger partial charge in [-0.2, -0.15) is 15.0 Å². The smallest absolute Gasteiger partial charge is 0.256 e. The summed E-state index contributed by atoms with van der Waals surface area (Å²) in [6, 6.07) is 5.91. The van der Waals surface area contributed by atoms with Crippen LogP contribution in [-0.4, -0.2) is 63.5 Å². The Kier molecular flexibility index (Phi) is 5.60. The summed E-state index contributed by atoms with van der Waals surface area (Å²) in [5.74, 6) is 0.555. The van der Waals surface area contributed by atoms with Gasteiger partial charge in [0.15, 0.2) is 0 Å². The van der Waals surface area contributed by atoms with Crippen LogP contribution in [0.4, 0.5) is 0 Å². The van der Waals surface area contributed by atoms with Crippen molar-refractivity contribution < 1.29 is 14.4 Å². The number of carbonyl (C=O) groups excluding carboxylic acids is 2. The van der Waals surface area contributed by atoms with Crippen LogP contribution in [0.3, 0.4) is 0 Å².